The molecule has 2 nitrogen and oxygen atoms in total. The molecule has 0 aliphatic rings. The molecule has 0 saturated carbocycles. The van der Waals surface area contributed by atoms with Crippen molar-refractivity contribution in [1.82, 2.24) is 0 Å². The first-order valence-corrected chi connectivity index (χ1v) is 5.56. The largest absolute Gasteiger partial charge is 0.477 e. The highest BCUT2D eigenvalue weighted by atomic mass is 35.5. The minimum atomic E-state index is -0.968. The normalized spacial score (nSPS) is 10.4. The Morgan fingerprint density at radius 2 is 2.06 bits per heavy atom. The fourth-order valence-corrected chi connectivity index (χ4v) is 2.28. The Morgan fingerprint density at radius 3 is 2.62 bits per heavy atom. The molecule has 2 aromatic rings. The van der Waals surface area contributed by atoms with E-state index in [2.05, 4.69) is 0 Å². The van der Waals surface area contributed by atoms with Gasteiger partial charge in [0.05, 0.1) is 5.02 Å². The highest BCUT2D eigenvalue weighted by Crippen LogP contribution is 2.30. The standard InChI is InChI=1S/C11H6ClFO2S/c12-7-5-6(1-2-8(7)13)9-3-4-10(16-9)11(14)15/h1-5H,(H,14,15). The summed E-state index contributed by atoms with van der Waals surface area (Å²) in [7, 11) is 0. The molecule has 2 rings (SSSR count). The first-order valence-electron chi connectivity index (χ1n) is 4.36. The molecule has 1 aromatic carbocycles. The summed E-state index contributed by atoms with van der Waals surface area (Å²) in [6.07, 6.45) is 0. The van der Waals surface area contributed by atoms with Crippen molar-refractivity contribution in [1.29, 1.82) is 0 Å². The van der Waals surface area contributed by atoms with E-state index >= 15 is 0 Å². The molecule has 1 aromatic heterocycles. The summed E-state index contributed by atoms with van der Waals surface area (Å²) in [4.78, 5) is 11.7. The van der Waals surface area contributed by atoms with Crippen LogP contribution in [0.3, 0.4) is 0 Å². The van der Waals surface area contributed by atoms with Gasteiger partial charge in [-0.2, -0.15) is 0 Å². The lowest BCUT2D eigenvalue weighted by Crippen LogP contribution is -1.89. The molecule has 0 fully saturated rings. The van der Waals surface area contributed by atoms with E-state index in [0.717, 1.165) is 16.2 Å². The van der Waals surface area contributed by atoms with Gasteiger partial charge in [-0.25, -0.2) is 9.18 Å². The van der Waals surface area contributed by atoms with Gasteiger partial charge in [-0.15, -0.1) is 11.3 Å². The molecule has 0 aliphatic heterocycles. The Hall–Kier alpha value is -1.39. The number of carboxylic acid groups (broad SMARTS) is 1. The number of thiophene rings is 1. The van der Waals surface area contributed by atoms with Gasteiger partial charge in [-0.1, -0.05) is 17.7 Å². The summed E-state index contributed by atoms with van der Waals surface area (Å²) in [6.45, 7) is 0. The van der Waals surface area contributed by atoms with Crippen molar-refractivity contribution in [2.45, 2.75) is 0 Å². The number of hydrogen-bond donors (Lipinski definition) is 1. The van der Waals surface area contributed by atoms with Gasteiger partial charge in [0.25, 0.3) is 0 Å². The van der Waals surface area contributed by atoms with Crippen LogP contribution < -0.4 is 0 Å². The van der Waals surface area contributed by atoms with Crippen LogP contribution in [0.2, 0.25) is 5.02 Å². The first kappa shape index (κ1) is 11.1. The van der Waals surface area contributed by atoms with E-state index in [1.54, 1.807) is 12.1 Å². The van der Waals surface area contributed by atoms with Crippen LogP contribution in [-0.4, -0.2) is 11.1 Å². The average Bonchev–Trinajstić information content (AvgIpc) is 2.71. The van der Waals surface area contributed by atoms with Crippen LogP contribution in [0.1, 0.15) is 9.67 Å². The molecule has 5 heteroatoms. The number of halogens is 2. The van der Waals surface area contributed by atoms with Gasteiger partial charge >= 0.3 is 5.97 Å². The molecule has 0 bridgehead atoms. The van der Waals surface area contributed by atoms with Crippen molar-refractivity contribution in [2.75, 3.05) is 0 Å². The molecule has 0 radical (unpaired) electrons. The molecule has 1 heterocycles. The maximum absolute atomic E-state index is 12.9. The summed E-state index contributed by atoms with van der Waals surface area (Å²) < 4.78 is 12.9. The number of carbonyl (C=O) groups is 1. The third-order valence-corrected chi connectivity index (χ3v) is 3.43. The van der Waals surface area contributed by atoms with Crippen LogP contribution in [0.5, 0.6) is 0 Å². The molecule has 0 amide bonds. The lowest BCUT2D eigenvalue weighted by Gasteiger charge is -1.98. The van der Waals surface area contributed by atoms with Crippen LogP contribution >= 0.6 is 22.9 Å². The van der Waals surface area contributed by atoms with Crippen molar-refractivity contribution in [3.05, 3.63) is 46.0 Å². The third-order valence-electron chi connectivity index (χ3n) is 2.02. The number of hydrogen-bond acceptors (Lipinski definition) is 2. The minimum absolute atomic E-state index is 0.0303. The second-order valence-electron chi connectivity index (χ2n) is 3.10. The summed E-state index contributed by atoms with van der Waals surface area (Å²) >= 11 is 6.77. The quantitative estimate of drug-likeness (QED) is 0.885. The summed E-state index contributed by atoms with van der Waals surface area (Å²) in [5.74, 6) is -1.45. The van der Waals surface area contributed by atoms with Crippen molar-refractivity contribution >= 4 is 28.9 Å². The SMILES string of the molecule is O=C(O)c1ccc(-c2ccc(F)c(Cl)c2)s1. The van der Waals surface area contributed by atoms with Crippen molar-refractivity contribution in [3.8, 4) is 10.4 Å². The third kappa shape index (κ3) is 2.08. The van der Waals surface area contributed by atoms with Gasteiger partial charge in [0.15, 0.2) is 0 Å². The Labute approximate surface area is 99.9 Å². The van der Waals surface area contributed by atoms with Gasteiger partial charge in [-0.3, -0.25) is 0 Å². The van der Waals surface area contributed by atoms with Crippen LogP contribution in [0.25, 0.3) is 10.4 Å². The van der Waals surface area contributed by atoms with E-state index in [1.165, 1.54) is 18.2 Å². The van der Waals surface area contributed by atoms with Crippen molar-refractivity contribution in [2.24, 2.45) is 0 Å². The lowest BCUT2D eigenvalue weighted by atomic mass is 10.2. The molecular formula is C11H6ClFO2S. The summed E-state index contributed by atoms with van der Waals surface area (Å²) in [5, 5.41) is 8.80. The molecule has 0 spiro atoms. The molecule has 0 aliphatic carbocycles. The monoisotopic (exact) mass is 256 g/mol. The number of benzene rings is 1. The van der Waals surface area contributed by atoms with E-state index < -0.39 is 11.8 Å². The van der Waals surface area contributed by atoms with Crippen LogP contribution in [-0.2, 0) is 0 Å². The molecule has 16 heavy (non-hydrogen) atoms. The number of carboxylic acids is 1. The smallest absolute Gasteiger partial charge is 0.345 e. The Bertz CT molecular complexity index is 551. The fraction of sp³-hybridized carbons (Fsp3) is 0. The Balaban J connectivity index is 2.42. The van der Waals surface area contributed by atoms with E-state index in [4.69, 9.17) is 16.7 Å². The predicted molar refractivity (Wildman–Crippen MR) is 61.7 cm³/mol. The molecule has 0 saturated heterocycles. The molecule has 82 valence electrons. The van der Waals surface area contributed by atoms with Gasteiger partial charge < -0.3 is 5.11 Å². The van der Waals surface area contributed by atoms with Gasteiger partial charge in [0, 0.05) is 4.88 Å². The van der Waals surface area contributed by atoms with E-state index in [-0.39, 0.29) is 9.90 Å². The Kier molecular flexibility index (Phi) is 2.94. The van der Waals surface area contributed by atoms with E-state index in [1.807, 2.05) is 0 Å². The zero-order chi connectivity index (χ0) is 11.7. The zero-order valence-corrected chi connectivity index (χ0v) is 9.48. The second-order valence-corrected chi connectivity index (χ2v) is 4.59. The number of rotatable bonds is 2. The molecular weight excluding hydrogens is 251 g/mol. The average molecular weight is 257 g/mol. The topological polar surface area (TPSA) is 37.3 Å². The predicted octanol–water partition coefficient (Wildman–Crippen LogP) is 3.91. The summed E-state index contributed by atoms with van der Waals surface area (Å²) in [5.41, 5.74) is 0.712. The van der Waals surface area contributed by atoms with Crippen molar-refractivity contribution < 1.29 is 14.3 Å². The first-order chi connectivity index (χ1) is 7.58. The van der Waals surface area contributed by atoms with Gasteiger partial charge in [-0.05, 0) is 29.8 Å². The molecule has 0 atom stereocenters. The highest BCUT2D eigenvalue weighted by Gasteiger charge is 2.09. The number of aromatic carboxylic acids is 1. The summed E-state index contributed by atoms with van der Waals surface area (Å²) in [6, 6.07) is 7.50. The highest BCUT2D eigenvalue weighted by molar-refractivity contribution is 7.17. The second kappa shape index (κ2) is 4.23. The zero-order valence-electron chi connectivity index (χ0n) is 7.91. The van der Waals surface area contributed by atoms with Gasteiger partial charge in [0.2, 0.25) is 0 Å². The van der Waals surface area contributed by atoms with Gasteiger partial charge in [0.1, 0.15) is 10.7 Å². The van der Waals surface area contributed by atoms with Crippen molar-refractivity contribution in [3.63, 3.8) is 0 Å². The van der Waals surface area contributed by atoms with E-state index in [9.17, 15) is 9.18 Å². The van der Waals surface area contributed by atoms with Crippen LogP contribution in [0, 0.1) is 5.82 Å². The van der Waals surface area contributed by atoms with Crippen LogP contribution in [0.4, 0.5) is 4.39 Å². The maximum Gasteiger partial charge on any atom is 0.345 e. The van der Waals surface area contributed by atoms with E-state index in [0.29, 0.717) is 5.56 Å². The minimum Gasteiger partial charge on any atom is -0.477 e. The fourth-order valence-electron chi connectivity index (χ4n) is 1.26. The molecule has 1 N–H and O–H groups in total. The lowest BCUT2D eigenvalue weighted by molar-refractivity contribution is 0.0702. The van der Waals surface area contributed by atoms with Crippen LogP contribution in [0.15, 0.2) is 30.3 Å². The maximum atomic E-state index is 12.9. The molecule has 0 unspecified atom stereocenters. The Morgan fingerprint density at radius 1 is 1.31 bits per heavy atom.